The van der Waals surface area contributed by atoms with Crippen molar-refractivity contribution in [3.05, 3.63) is 50.8 Å². The first-order chi connectivity index (χ1) is 14.6. The largest absolute Gasteiger partial charge is 0.454 e. The maximum absolute atomic E-state index is 13.2. The van der Waals surface area contributed by atoms with Crippen LogP contribution in [0.2, 0.25) is 0 Å². The first-order valence-corrected chi connectivity index (χ1v) is 9.81. The predicted molar refractivity (Wildman–Crippen MR) is 108 cm³/mol. The van der Waals surface area contributed by atoms with E-state index in [0.717, 1.165) is 16.5 Å². The molecule has 2 aromatic heterocycles. The summed E-state index contributed by atoms with van der Waals surface area (Å²) in [5, 5.41) is 11.0. The van der Waals surface area contributed by atoms with Crippen molar-refractivity contribution in [1.29, 1.82) is 0 Å². The molecule has 9 heteroatoms. The van der Waals surface area contributed by atoms with E-state index in [4.69, 9.17) is 30.8 Å². The van der Waals surface area contributed by atoms with Gasteiger partial charge in [0.15, 0.2) is 17.8 Å². The molecule has 2 aliphatic heterocycles. The van der Waals surface area contributed by atoms with Crippen molar-refractivity contribution >= 4 is 28.8 Å². The summed E-state index contributed by atoms with van der Waals surface area (Å²) in [4.78, 5) is 29.2. The Balaban J connectivity index is 1.80. The summed E-state index contributed by atoms with van der Waals surface area (Å²) >= 11 is 6.31. The molecule has 2 aliphatic rings. The maximum Gasteiger partial charge on any atom is 0.257 e. The van der Waals surface area contributed by atoms with E-state index in [2.05, 4.69) is 0 Å². The van der Waals surface area contributed by atoms with Crippen LogP contribution in [0.5, 0.6) is 11.5 Å². The molecule has 154 valence electrons. The van der Waals surface area contributed by atoms with Gasteiger partial charge < -0.3 is 28.7 Å². The number of nitrogens with zero attached hydrogens (tertiary/aromatic N) is 2. The van der Waals surface area contributed by atoms with E-state index in [1.165, 1.54) is 7.11 Å². The summed E-state index contributed by atoms with van der Waals surface area (Å²) in [7, 11) is 1.45. The lowest BCUT2D eigenvalue weighted by Crippen LogP contribution is -2.26. The zero-order chi connectivity index (χ0) is 21.0. The molecule has 1 unspecified atom stereocenters. The molecular weight excluding hydrogens is 412 g/mol. The zero-order valence-corrected chi connectivity index (χ0v) is 16.7. The van der Waals surface area contributed by atoms with Crippen LogP contribution in [0.15, 0.2) is 23.0 Å². The van der Waals surface area contributed by atoms with Gasteiger partial charge in [-0.2, -0.15) is 0 Å². The number of benzene rings is 1. The van der Waals surface area contributed by atoms with Gasteiger partial charge in [-0.3, -0.25) is 4.79 Å². The van der Waals surface area contributed by atoms with E-state index in [9.17, 15) is 14.7 Å². The molecule has 30 heavy (non-hydrogen) atoms. The highest BCUT2D eigenvalue weighted by atomic mass is 35.5. The van der Waals surface area contributed by atoms with Gasteiger partial charge in [0.2, 0.25) is 6.79 Å². The summed E-state index contributed by atoms with van der Waals surface area (Å²) in [6, 6.07) is 5.27. The van der Waals surface area contributed by atoms with Crippen molar-refractivity contribution in [2.24, 2.45) is 0 Å². The fourth-order valence-electron chi connectivity index (χ4n) is 4.14. The van der Waals surface area contributed by atoms with Crippen LogP contribution in [-0.2, 0) is 28.6 Å². The van der Waals surface area contributed by atoms with E-state index in [1.807, 2.05) is 6.07 Å². The van der Waals surface area contributed by atoms with Crippen LogP contribution in [0.4, 0.5) is 0 Å². The fraction of sp³-hybridized carbons (Fsp3) is 0.286. The lowest BCUT2D eigenvalue weighted by Gasteiger charge is -2.14. The summed E-state index contributed by atoms with van der Waals surface area (Å²) < 4.78 is 17.6. The highest BCUT2D eigenvalue weighted by Gasteiger charge is 2.30. The average molecular weight is 429 g/mol. The van der Waals surface area contributed by atoms with Crippen LogP contribution in [0.25, 0.3) is 22.3 Å². The number of aldehydes is 1. The summed E-state index contributed by atoms with van der Waals surface area (Å²) in [5.41, 5.74) is 3.59. The van der Waals surface area contributed by atoms with Crippen molar-refractivity contribution in [2.75, 3.05) is 13.9 Å². The quantitative estimate of drug-likeness (QED) is 0.384. The van der Waals surface area contributed by atoms with Gasteiger partial charge in [-0.25, -0.2) is 4.98 Å². The van der Waals surface area contributed by atoms with Crippen molar-refractivity contribution < 1.29 is 24.1 Å². The Kier molecular flexibility index (Phi) is 4.50. The number of hydrogen-bond acceptors (Lipinski definition) is 7. The molecule has 3 aromatic rings. The minimum absolute atomic E-state index is 0.0190. The van der Waals surface area contributed by atoms with Crippen LogP contribution in [-0.4, -0.2) is 34.8 Å². The zero-order valence-electron chi connectivity index (χ0n) is 16.0. The summed E-state index contributed by atoms with van der Waals surface area (Å²) in [5.74, 6) is 1.44. The number of ether oxygens (including phenoxy) is 3. The molecule has 0 saturated heterocycles. The van der Waals surface area contributed by atoms with Crippen molar-refractivity contribution in [3.63, 3.8) is 0 Å². The van der Waals surface area contributed by atoms with Gasteiger partial charge >= 0.3 is 0 Å². The second-order valence-electron chi connectivity index (χ2n) is 7.14. The first kappa shape index (κ1) is 19.0. The van der Waals surface area contributed by atoms with Gasteiger partial charge in [-0.05, 0) is 17.7 Å². The van der Waals surface area contributed by atoms with E-state index in [1.54, 1.807) is 16.7 Å². The number of halogens is 1. The maximum atomic E-state index is 13.2. The number of aliphatic hydroxyl groups is 1. The van der Waals surface area contributed by atoms with Gasteiger partial charge in [-0.15, -0.1) is 11.6 Å². The number of hydrogen-bond donors (Lipinski definition) is 1. The third-order valence-electron chi connectivity index (χ3n) is 5.56. The van der Waals surface area contributed by atoms with Crippen molar-refractivity contribution in [1.82, 2.24) is 9.55 Å². The molecule has 0 aliphatic carbocycles. The van der Waals surface area contributed by atoms with Crippen molar-refractivity contribution in [3.8, 4) is 22.9 Å². The number of methoxy groups -OCH3 is 1. The number of pyridine rings is 2. The Bertz CT molecular complexity index is 1270. The number of carbonyl (C=O) groups excluding carboxylic acids is 1. The van der Waals surface area contributed by atoms with E-state index in [0.29, 0.717) is 34.7 Å². The predicted octanol–water partition coefficient (Wildman–Crippen LogP) is 2.27. The lowest BCUT2D eigenvalue weighted by atomic mass is 10.00. The van der Waals surface area contributed by atoms with E-state index < -0.39 is 6.10 Å². The Morgan fingerprint density at radius 3 is 2.77 bits per heavy atom. The second kappa shape index (κ2) is 7.09. The highest BCUT2D eigenvalue weighted by molar-refractivity contribution is 6.18. The normalized spacial score (nSPS) is 14.6. The van der Waals surface area contributed by atoms with Gasteiger partial charge in [0.25, 0.3) is 5.56 Å². The number of aromatic nitrogens is 2. The van der Waals surface area contributed by atoms with Crippen LogP contribution in [0, 0.1) is 0 Å². The standard InChI is InChI=1S/C21H17ClN2O6/c1-28-8-14-11(17(26)7-25)2-16-20-13(6-24(16)21(14)27)12(5-22)10-3-18-19(30-9-29-18)4-15(10)23-20/h2-4,7,17,26H,5-6,8-9H2,1H3. The number of carbonyl (C=O) groups is 1. The minimum atomic E-state index is -1.43. The molecule has 0 bridgehead atoms. The minimum Gasteiger partial charge on any atom is -0.454 e. The SMILES string of the molecule is COCc1c(C(O)C=O)cc2n(c1=O)Cc1c-2nc2cc3c(cc2c1CCl)OCO3. The number of aliphatic hydroxyl groups excluding tert-OH is 1. The Labute approximate surface area is 175 Å². The monoisotopic (exact) mass is 428 g/mol. The van der Waals surface area contributed by atoms with Gasteiger partial charge in [0.05, 0.1) is 30.1 Å². The summed E-state index contributed by atoms with van der Waals surface area (Å²) in [6.45, 7) is 0.418. The third kappa shape index (κ3) is 2.64. The van der Waals surface area contributed by atoms with Gasteiger partial charge in [0.1, 0.15) is 6.10 Å². The van der Waals surface area contributed by atoms with Crippen LogP contribution in [0.1, 0.15) is 28.4 Å². The molecule has 0 fully saturated rings. The fourth-order valence-corrected chi connectivity index (χ4v) is 4.44. The molecule has 0 amide bonds. The Morgan fingerprint density at radius 1 is 1.30 bits per heavy atom. The van der Waals surface area contributed by atoms with Gasteiger partial charge in [0, 0.05) is 41.1 Å². The summed E-state index contributed by atoms with van der Waals surface area (Å²) in [6.07, 6.45) is -1.04. The molecule has 5 rings (SSSR count). The van der Waals surface area contributed by atoms with E-state index >= 15 is 0 Å². The first-order valence-electron chi connectivity index (χ1n) is 9.27. The average Bonchev–Trinajstić information content (AvgIpc) is 3.36. The van der Waals surface area contributed by atoms with E-state index in [-0.39, 0.29) is 42.5 Å². The smallest absolute Gasteiger partial charge is 0.257 e. The Morgan fingerprint density at radius 2 is 2.07 bits per heavy atom. The molecule has 4 heterocycles. The molecule has 1 atom stereocenters. The molecule has 1 N–H and O–H groups in total. The molecular formula is C21H17ClN2O6. The van der Waals surface area contributed by atoms with Gasteiger partial charge in [-0.1, -0.05) is 0 Å². The molecule has 0 saturated carbocycles. The third-order valence-corrected chi connectivity index (χ3v) is 5.83. The van der Waals surface area contributed by atoms with Crippen LogP contribution >= 0.6 is 11.6 Å². The van der Waals surface area contributed by atoms with Crippen LogP contribution < -0.4 is 15.0 Å². The topological polar surface area (TPSA) is 99.9 Å². The van der Waals surface area contributed by atoms with Crippen molar-refractivity contribution in [2.45, 2.75) is 25.1 Å². The number of alkyl halides is 1. The molecule has 1 aromatic carbocycles. The Hall–Kier alpha value is -2.94. The number of fused-ring (bicyclic) bond motifs is 5. The highest BCUT2D eigenvalue weighted by Crippen LogP contribution is 2.42. The molecule has 0 spiro atoms. The van der Waals surface area contributed by atoms with Crippen LogP contribution in [0.3, 0.4) is 0 Å². The molecule has 8 nitrogen and oxygen atoms in total. The number of rotatable bonds is 5. The molecule has 0 radical (unpaired) electrons. The second-order valence-corrected chi connectivity index (χ2v) is 7.41. The lowest BCUT2D eigenvalue weighted by molar-refractivity contribution is -0.115.